The standard InChI is InChI=1S/C26H25N5OS/c1-18-9-14-23(31(18)20-10-12-21(32-2)13-11-20)25-24(22-8-4-6-16-28-22)29-26(33)30(25)17-19-7-3-5-15-27-19/h3-16,24-25H,17H2,1-2H3,(H,29,33). The van der Waals surface area contributed by atoms with E-state index in [1.54, 1.807) is 7.11 Å². The Bertz CT molecular complexity index is 1240. The first-order valence-corrected chi connectivity index (χ1v) is 11.3. The zero-order chi connectivity index (χ0) is 22.8. The molecular weight excluding hydrogens is 430 g/mol. The van der Waals surface area contributed by atoms with Gasteiger partial charge in [0.1, 0.15) is 5.75 Å². The van der Waals surface area contributed by atoms with Crippen molar-refractivity contribution in [3.63, 3.8) is 0 Å². The predicted molar refractivity (Wildman–Crippen MR) is 132 cm³/mol. The van der Waals surface area contributed by atoms with Crippen LogP contribution in [0.25, 0.3) is 5.69 Å². The van der Waals surface area contributed by atoms with Crippen molar-refractivity contribution in [3.8, 4) is 11.4 Å². The minimum absolute atomic E-state index is 0.0646. The molecule has 0 bridgehead atoms. The van der Waals surface area contributed by atoms with Gasteiger partial charge in [-0.3, -0.25) is 9.97 Å². The minimum atomic E-state index is -0.0892. The Balaban J connectivity index is 1.62. The van der Waals surface area contributed by atoms with E-state index in [0.717, 1.165) is 34.2 Å². The van der Waals surface area contributed by atoms with Crippen molar-refractivity contribution in [2.24, 2.45) is 0 Å². The highest BCUT2D eigenvalue weighted by Crippen LogP contribution is 2.41. The molecule has 0 aliphatic carbocycles. The van der Waals surface area contributed by atoms with Crippen molar-refractivity contribution in [2.45, 2.75) is 25.6 Å². The maximum atomic E-state index is 5.83. The number of pyridine rings is 2. The Morgan fingerprint density at radius 2 is 1.70 bits per heavy atom. The number of benzene rings is 1. The fraction of sp³-hybridized carbons (Fsp3) is 0.192. The molecule has 6 nitrogen and oxygen atoms in total. The second-order valence-electron chi connectivity index (χ2n) is 8.01. The van der Waals surface area contributed by atoms with Crippen molar-refractivity contribution in [1.82, 2.24) is 24.8 Å². The van der Waals surface area contributed by atoms with Crippen LogP contribution in [-0.4, -0.2) is 31.7 Å². The Kier molecular flexibility index (Phi) is 5.79. The van der Waals surface area contributed by atoms with Gasteiger partial charge in [-0.2, -0.15) is 0 Å². The molecule has 4 heterocycles. The van der Waals surface area contributed by atoms with Crippen molar-refractivity contribution in [2.75, 3.05) is 7.11 Å². The first-order chi connectivity index (χ1) is 16.2. The summed E-state index contributed by atoms with van der Waals surface area (Å²) in [5.41, 5.74) is 5.27. The van der Waals surface area contributed by atoms with Gasteiger partial charge in [0.05, 0.1) is 37.1 Å². The second-order valence-corrected chi connectivity index (χ2v) is 8.40. The van der Waals surface area contributed by atoms with E-state index >= 15 is 0 Å². The number of aromatic nitrogens is 3. The van der Waals surface area contributed by atoms with Crippen molar-refractivity contribution < 1.29 is 4.74 Å². The van der Waals surface area contributed by atoms with Gasteiger partial charge in [-0.25, -0.2) is 0 Å². The quantitative estimate of drug-likeness (QED) is 0.423. The molecule has 2 atom stereocenters. The van der Waals surface area contributed by atoms with Crippen molar-refractivity contribution in [1.29, 1.82) is 0 Å². The summed E-state index contributed by atoms with van der Waals surface area (Å²) in [5, 5.41) is 4.22. The van der Waals surface area contributed by atoms with Gasteiger partial charge in [0.15, 0.2) is 5.11 Å². The largest absolute Gasteiger partial charge is 0.497 e. The number of ether oxygens (including phenoxy) is 1. The minimum Gasteiger partial charge on any atom is -0.497 e. The average molecular weight is 456 g/mol. The summed E-state index contributed by atoms with van der Waals surface area (Å²) in [6.45, 7) is 2.72. The van der Waals surface area contributed by atoms with Crippen LogP contribution in [0.15, 0.2) is 85.2 Å². The van der Waals surface area contributed by atoms with E-state index in [-0.39, 0.29) is 12.1 Å². The number of methoxy groups -OCH3 is 1. The van der Waals surface area contributed by atoms with Crippen LogP contribution >= 0.6 is 12.2 Å². The zero-order valence-electron chi connectivity index (χ0n) is 18.6. The van der Waals surface area contributed by atoms with Gasteiger partial charge < -0.3 is 19.5 Å². The molecular formula is C26H25N5OS. The maximum Gasteiger partial charge on any atom is 0.170 e. The Morgan fingerprint density at radius 1 is 0.939 bits per heavy atom. The molecule has 4 aromatic rings. The lowest BCUT2D eigenvalue weighted by atomic mass is 10.0. The van der Waals surface area contributed by atoms with Gasteiger partial charge in [0, 0.05) is 29.5 Å². The molecule has 7 heteroatoms. The van der Waals surface area contributed by atoms with E-state index in [1.165, 1.54) is 0 Å². The average Bonchev–Trinajstić information content (AvgIpc) is 3.39. The van der Waals surface area contributed by atoms with E-state index in [9.17, 15) is 0 Å². The molecule has 1 saturated heterocycles. The molecule has 1 aliphatic heterocycles. The smallest absolute Gasteiger partial charge is 0.170 e. The predicted octanol–water partition coefficient (Wildman–Crippen LogP) is 4.76. The molecule has 0 amide bonds. The third-order valence-electron chi connectivity index (χ3n) is 6.00. The van der Waals surface area contributed by atoms with Crippen LogP contribution in [0, 0.1) is 6.92 Å². The molecule has 1 aromatic carbocycles. The number of hydrogen-bond donors (Lipinski definition) is 1. The molecule has 0 saturated carbocycles. The molecule has 1 fully saturated rings. The zero-order valence-corrected chi connectivity index (χ0v) is 19.4. The SMILES string of the molecule is COc1ccc(-n2c(C)ccc2C2C(c3ccccn3)NC(=S)N2Cc2ccccn2)cc1. The Morgan fingerprint density at radius 3 is 2.36 bits per heavy atom. The molecule has 2 unspecified atom stereocenters. The molecule has 3 aromatic heterocycles. The molecule has 0 spiro atoms. The number of nitrogens with zero attached hydrogens (tertiary/aromatic N) is 4. The third kappa shape index (κ3) is 4.07. The lowest BCUT2D eigenvalue weighted by Crippen LogP contribution is -2.30. The van der Waals surface area contributed by atoms with Gasteiger partial charge in [-0.05, 0) is 79.8 Å². The van der Waals surface area contributed by atoms with Crippen LogP contribution < -0.4 is 10.1 Å². The monoisotopic (exact) mass is 455 g/mol. The Labute approximate surface area is 198 Å². The first kappa shape index (κ1) is 21.2. The highest BCUT2D eigenvalue weighted by atomic mass is 32.1. The number of hydrogen-bond acceptors (Lipinski definition) is 4. The van der Waals surface area contributed by atoms with Crippen LogP contribution in [0.5, 0.6) is 5.75 Å². The van der Waals surface area contributed by atoms with E-state index in [2.05, 4.69) is 55.9 Å². The summed E-state index contributed by atoms with van der Waals surface area (Å²) in [5.74, 6) is 0.831. The fourth-order valence-electron chi connectivity index (χ4n) is 4.44. The molecule has 33 heavy (non-hydrogen) atoms. The first-order valence-electron chi connectivity index (χ1n) is 10.9. The van der Waals surface area contributed by atoms with E-state index in [4.69, 9.17) is 17.0 Å². The normalized spacial score (nSPS) is 17.8. The number of rotatable bonds is 6. The second kappa shape index (κ2) is 9.03. The summed E-state index contributed by atoms with van der Waals surface area (Å²) in [6.07, 6.45) is 3.64. The van der Waals surface area contributed by atoms with Gasteiger partial charge in [0.25, 0.3) is 0 Å². The third-order valence-corrected chi connectivity index (χ3v) is 6.35. The summed E-state index contributed by atoms with van der Waals surface area (Å²) >= 11 is 5.83. The summed E-state index contributed by atoms with van der Waals surface area (Å²) < 4.78 is 7.64. The van der Waals surface area contributed by atoms with Crippen LogP contribution in [-0.2, 0) is 6.54 Å². The van der Waals surface area contributed by atoms with Gasteiger partial charge in [0.2, 0.25) is 0 Å². The molecule has 1 N–H and O–H groups in total. The van der Waals surface area contributed by atoms with Gasteiger partial charge >= 0.3 is 0 Å². The topological polar surface area (TPSA) is 55.2 Å². The lowest BCUT2D eigenvalue weighted by molar-refractivity contribution is 0.299. The van der Waals surface area contributed by atoms with Crippen LogP contribution in [0.2, 0.25) is 0 Å². The van der Waals surface area contributed by atoms with E-state index in [1.807, 2.05) is 60.9 Å². The number of thiocarbonyl (C=S) groups is 1. The molecule has 1 aliphatic rings. The van der Waals surface area contributed by atoms with Crippen molar-refractivity contribution >= 4 is 17.3 Å². The Hall–Kier alpha value is -3.71. The summed E-state index contributed by atoms with van der Waals surface area (Å²) in [7, 11) is 1.68. The molecule has 5 rings (SSSR count). The van der Waals surface area contributed by atoms with Crippen LogP contribution in [0.1, 0.15) is 34.9 Å². The summed E-state index contributed by atoms with van der Waals surface area (Å²) in [6, 6.07) is 24.3. The molecule has 166 valence electrons. The lowest BCUT2D eigenvalue weighted by Gasteiger charge is -2.29. The highest BCUT2D eigenvalue weighted by Gasteiger charge is 2.41. The van der Waals surface area contributed by atoms with E-state index < -0.39 is 0 Å². The number of aryl methyl sites for hydroxylation is 1. The van der Waals surface area contributed by atoms with Crippen molar-refractivity contribution in [3.05, 3.63) is 108 Å². The highest BCUT2D eigenvalue weighted by molar-refractivity contribution is 7.80. The van der Waals surface area contributed by atoms with Crippen LogP contribution in [0.4, 0.5) is 0 Å². The fourth-order valence-corrected chi connectivity index (χ4v) is 4.74. The number of nitrogens with one attached hydrogen (secondary N) is 1. The van der Waals surface area contributed by atoms with E-state index in [0.29, 0.717) is 11.7 Å². The molecule has 0 radical (unpaired) electrons. The van der Waals surface area contributed by atoms with Gasteiger partial charge in [-0.1, -0.05) is 12.1 Å². The maximum absolute atomic E-state index is 5.83. The summed E-state index contributed by atoms with van der Waals surface area (Å²) in [4.78, 5) is 11.4. The van der Waals surface area contributed by atoms with Gasteiger partial charge in [-0.15, -0.1) is 0 Å². The van der Waals surface area contributed by atoms with Crippen LogP contribution in [0.3, 0.4) is 0 Å².